The number of benzene rings is 1. The van der Waals surface area contributed by atoms with E-state index >= 15 is 0 Å². The van der Waals surface area contributed by atoms with Crippen LogP contribution in [0.5, 0.6) is 0 Å². The van der Waals surface area contributed by atoms with Gasteiger partial charge in [0.05, 0.1) is 18.6 Å². The van der Waals surface area contributed by atoms with E-state index in [2.05, 4.69) is 5.32 Å². The van der Waals surface area contributed by atoms with Crippen molar-refractivity contribution in [3.8, 4) is 0 Å². The van der Waals surface area contributed by atoms with Gasteiger partial charge in [-0.3, -0.25) is 9.59 Å². The Hall–Kier alpha value is -2.28. The topological polar surface area (TPSA) is 62.6 Å². The Kier molecular flexibility index (Phi) is 6.21. The Morgan fingerprint density at radius 1 is 1.33 bits per heavy atom. The van der Waals surface area contributed by atoms with Crippen LogP contribution >= 0.6 is 11.8 Å². The molecule has 7 heteroatoms. The molecule has 1 fully saturated rings. The predicted molar refractivity (Wildman–Crippen MR) is 102 cm³/mol. The van der Waals surface area contributed by atoms with Gasteiger partial charge >= 0.3 is 0 Å². The van der Waals surface area contributed by atoms with Gasteiger partial charge in [0.15, 0.2) is 0 Å². The standard InChI is InChI=1S/C20H23FN2O3S/c1-13(2)10-17(19(25)22-11-16-4-3-9-26-16)23-18(24)12-27-20(23)14-5-7-15(21)8-6-14/h3-9,13,17,20H,10-12H2,1-2H3,(H,22,25)/t17-,20+/m1/s1. The minimum Gasteiger partial charge on any atom is -0.467 e. The van der Waals surface area contributed by atoms with Crippen molar-refractivity contribution >= 4 is 23.6 Å². The fraction of sp³-hybridized carbons (Fsp3) is 0.400. The summed E-state index contributed by atoms with van der Waals surface area (Å²) in [6.07, 6.45) is 2.10. The first kappa shape index (κ1) is 19.5. The monoisotopic (exact) mass is 390 g/mol. The van der Waals surface area contributed by atoms with Crippen LogP contribution in [0.15, 0.2) is 47.1 Å². The van der Waals surface area contributed by atoms with Gasteiger partial charge < -0.3 is 14.6 Å². The second-order valence-corrected chi connectivity index (χ2v) is 8.03. The number of hydrogen-bond donors (Lipinski definition) is 1. The van der Waals surface area contributed by atoms with Crippen LogP contribution in [0.2, 0.25) is 0 Å². The Morgan fingerprint density at radius 2 is 2.07 bits per heavy atom. The first-order valence-electron chi connectivity index (χ1n) is 8.94. The van der Waals surface area contributed by atoms with Crippen molar-refractivity contribution in [3.63, 3.8) is 0 Å². The van der Waals surface area contributed by atoms with Crippen LogP contribution in [0.4, 0.5) is 4.39 Å². The van der Waals surface area contributed by atoms with Crippen LogP contribution in [0.25, 0.3) is 0 Å². The second-order valence-electron chi connectivity index (χ2n) is 6.96. The van der Waals surface area contributed by atoms with Gasteiger partial charge in [-0.2, -0.15) is 0 Å². The molecule has 1 aliphatic heterocycles. The maximum Gasteiger partial charge on any atom is 0.243 e. The quantitative estimate of drug-likeness (QED) is 0.783. The van der Waals surface area contributed by atoms with Gasteiger partial charge in [0.25, 0.3) is 0 Å². The van der Waals surface area contributed by atoms with E-state index < -0.39 is 6.04 Å². The second kappa shape index (κ2) is 8.61. The summed E-state index contributed by atoms with van der Waals surface area (Å²) >= 11 is 1.46. The molecule has 1 aromatic heterocycles. The van der Waals surface area contributed by atoms with Gasteiger partial charge in [-0.1, -0.05) is 26.0 Å². The smallest absolute Gasteiger partial charge is 0.243 e. The molecule has 144 valence electrons. The lowest BCUT2D eigenvalue weighted by atomic mass is 10.0. The minimum atomic E-state index is -0.586. The Morgan fingerprint density at radius 3 is 2.70 bits per heavy atom. The van der Waals surface area contributed by atoms with Crippen molar-refractivity contribution in [2.24, 2.45) is 5.92 Å². The van der Waals surface area contributed by atoms with E-state index in [4.69, 9.17) is 4.42 Å². The Balaban J connectivity index is 1.81. The molecule has 1 saturated heterocycles. The van der Waals surface area contributed by atoms with Crippen molar-refractivity contribution in [1.82, 2.24) is 10.2 Å². The zero-order valence-electron chi connectivity index (χ0n) is 15.4. The number of hydrogen-bond acceptors (Lipinski definition) is 4. The van der Waals surface area contributed by atoms with Crippen molar-refractivity contribution in [2.75, 3.05) is 5.75 Å². The lowest BCUT2D eigenvalue weighted by Crippen LogP contribution is -2.49. The number of furan rings is 1. The van der Waals surface area contributed by atoms with Crippen LogP contribution in [0.3, 0.4) is 0 Å². The molecule has 0 aliphatic carbocycles. The third-order valence-corrected chi connectivity index (χ3v) is 5.64. The molecule has 2 aromatic rings. The predicted octanol–water partition coefficient (Wildman–Crippen LogP) is 3.72. The molecule has 0 unspecified atom stereocenters. The average molecular weight is 390 g/mol. The van der Waals surface area contributed by atoms with Gasteiger partial charge in [-0.25, -0.2) is 4.39 Å². The van der Waals surface area contributed by atoms with E-state index in [1.807, 2.05) is 13.8 Å². The van der Waals surface area contributed by atoms with E-state index in [-0.39, 0.29) is 35.5 Å². The molecule has 2 atom stereocenters. The van der Waals surface area contributed by atoms with E-state index in [9.17, 15) is 14.0 Å². The molecule has 0 saturated carbocycles. The zero-order chi connectivity index (χ0) is 19.4. The summed E-state index contributed by atoms with van der Waals surface area (Å²) < 4.78 is 18.5. The van der Waals surface area contributed by atoms with E-state index in [0.717, 1.165) is 5.56 Å². The highest BCUT2D eigenvalue weighted by molar-refractivity contribution is 8.00. The van der Waals surface area contributed by atoms with Crippen LogP contribution < -0.4 is 5.32 Å². The minimum absolute atomic E-state index is 0.0758. The van der Waals surface area contributed by atoms with Crippen molar-refractivity contribution in [2.45, 2.75) is 38.2 Å². The number of nitrogens with one attached hydrogen (secondary N) is 1. The van der Waals surface area contributed by atoms with Gasteiger partial charge in [0.2, 0.25) is 11.8 Å². The fourth-order valence-electron chi connectivity index (χ4n) is 3.16. The first-order chi connectivity index (χ1) is 13.0. The summed E-state index contributed by atoms with van der Waals surface area (Å²) in [6.45, 7) is 4.32. The molecule has 0 radical (unpaired) electrons. The summed E-state index contributed by atoms with van der Waals surface area (Å²) in [7, 11) is 0. The van der Waals surface area contributed by atoms with Crippen molar-refractivity contribution in [1.29, 1.82) is 0 Å². The molecular weight excluding hydrogens is 367 g/mol. The molecule has 0 spiro atoms. The van der Waals surface area contributed by atoms with Crippen LogP contribution in [-0.4, -0.2) is 28.5 Å². The highest BCUT2D eigenvalue weighted by Gasteiger charge is 2.41. The van der Waals surface area contributed by atoms with E-state index in [1.165, 1.54) is 23.9 Å². The molecule has 1 aliphatic rings. The third kappa shape index (κ3) is 4.71. The summed E-state index contributed by atoms with van der Waals surface area (Å²) in [5.74, 6) is 0.591. The van der Waals surface area contributed by atoms with Gasteiger partial charge in [-0.05, 0) is 42.2 Å². The molecule has 5 nitrogen and oxygen atoms in total. The molecule has 2 amide bonds. The summed E-state index contributed by atoms with van der Waals surface area (Å²) in [4.78, 5) is 27.2. The molecule has 1 aromatic carbocycles. The zero-order valence-corrected chi connectivity index (χ0v) is 16.2. The van der Waals surface area contributed by atoms with Gasteiger partial charge in [0.1, 0.15) is 23.0 Å². The van der Waals surface area contributed by atoms with Crippen LogP contribution in [0.1, 0.15) is 37.0 Å². The average Bonchev–Trinajstić information content (AvgIpc) is 3.28. The lowest BCUT2D eigenvalue weighted by Gasteiger charge is -2.33. The SMILES string of the molecule is CC(C)C[C@H](C(=O)NCc1ccco1)N1C(=O)CS[C@H]1c1ccc(F)cc1. The van der Waals surface area contributed by atoms with E-state index in [0.29, 0.717) is 17.9 Å². The fourth-order valence-corrected chi connectivity index (χ4v) is 4.38. The molecular formula is C20H23FN2O3S. The van der Waals surface area contributed by atoms with E-state index in [1.54, 1.807) is 35.4 Å². The number of amides is 2. The number of rotatable bonds is 7. The highest BCUT2D eigenvalue weighted by atomic mass is 32.2. The number of halogens is 1. The van der Waals surface area contributed by atoms with Crippen molar-refractivity contribution < 1.29 is 18.4 Å². The van der Waals surface area contributed by atoms with Crippen molar-refractivity contribution in [3.05, 3.63) is 59.8 Å². The summed E-state index contributed by atoms with van der Waals surface area (Å²) in [5.41, 5.74) is 0.819. The molecule has 1 N–H and O–H groups in total. The normalized spacial score (nSPS) is 18.1. The molecule has 27 heavy (non-hydrogen) atoms. The summed E-state index contributed by atoms with van der Waals surface area (Å²) in [6, 6.07) is 9.07. The number of carbonyl (C=O) groups is 2. The molecule has 3 rings (SSSR count). The largest absolute Gasteiger partial charge is 0.467 e. The summed E-state index contributed by atoms with van der Waals surface area (Å²) in [5, 5.41) is 2.58. The lowest BCUT2D eigenvalue weighted by molar-refractivity contribution is -0.139. The maximum atomic E-state index is 13.3. The third-order valence-electron chi connectivity index (χ3n) is 4.41. The Bertz CT molecular complexity index is 777. The van der Waals surface area contributed by atoms with Crippen LogP contribution in [-0.2, 0) is 16.1 Å². The first-order valence-corrected chi connectivity index (χ1v) is 9.99. The number of carbonyl (C=O) groups excluding carboxylic acids is 2. The molecule has 0 bridgehead atoms. The highest BCUT2D eigenvalue weighted by Crippen LogP contribution is 2.41. The number of nitrogens with zero attached hydrogens (tertiary/aromatic N) is 1. The van der Waals surface area contributed by atoms with Crippen LogP contribution in [0, 0.1) is 11.7 Å². The maximum absolute atomic E-state index is 13.3. The van der Waals surface area contributed by atoms with Gasteiger partial charge in [0, 0.05) is 0 Å². The van der Waals surface area contributed by atoms with Gasteiger partial charge in [-0.15, -0.1) is 11.8 Å². The molecule has 2 heterocycles. The Labute approximate surface area is 162 Å². The number of thioether (sulfide) groups is 1.